The number of piperidine rings is 2. The molecule has 1 aliphatic carbocycles. The van der Waals surface area contributed by atoms with Crippen LogP contribution < -0.4 is 16.0 Å². The van der Waals surface area contributed by atoms with Crippen molar-refractivity contribution in [3.8, 4) is 0 Å². The van der Waals surface area contributed by atoms with E-state index in [2.05, 4.69) is 71.0 Å². The molecular formula is C37H61N5O6. The van der Waals surface area contributed by atoms with Crippen molar-refractivity contribution in [2.24, 2.45) is 28.1 Å². The molecule has 0 spiro atoms. The molecule has 3 aliphatic heterocycles. The first kappa shape index (κ1) is 38.0. The number of nitrogens with one attached hydrogen (secondary N) is 3. The molecule has 4 amide bonds. The Morgan fingerprint density at radius 3 is 2.44 bits per heavy atom. The smallest absolute Gasteiger partial charge is 0.289 e. The van der Waals surface area contributed by atoms with E-state index in [4.69, 9.17) is 4.74 Å². The van der Waals surface area contributed by atoms with Crippen LogP contribution in [0.2, 0.25) is 0 Å². The lowest BCUT2D eigenvalue weighted by Crippen LogP contribution is -2.62. The van der Waals surface area contributed by atoms with Crippen molar-refractivity contribution in [1.29, 1.82) is 0 Å². The standard InChI is InChI=1S/C37H61N5O6/c1-9-17-38-33(46)31(44)25-15-13-11-10-12-14-19-48-23-26(34(47)42-21-24-29(37(24,7)8)30(42)32(45)40-25)39-27(35(2,3)4)22-41-18-16-36(5,6)20-28(41)43/h9,24-27,29-30,39H,1,10-23H2,2-8H3,(H,38,46)(H,40,45)/t24-,25-,26-,27+,29-,30-/m0/s1. The third-order valence-electron chi connectivity index (χ3n) is 11.3. The molecule has 3 heterocycles. The van der Waals surface area contributed by atoms with Crippen molar-refractivity contribution in [3.05, 3.63) is 12.7 Å². The van der Waals surface area contributed by atoms with Crippen molar-refractivity contribution in [1.82, 2.24) is 25.8 Å². The minimum Gasteiger partial charge on any atom is -0.379 e. The van der Waals surface area contributed by atoms with Gasteiger partial charge in [-0.2, -0.15) is 0 Å². The molecule has 11 heteroatoms. The van der Waals surface area contributed by atoms with Gasteiger partial charge in [-0.15, -0.1) is 6.58 Å². The molecular weight excluding hydrogens is 610 g/mol. The monoisotopic (exact) mass is 671 g/mol. The molecule has 270 valence electrons. The molecule has 0 aromatic carbocycles. The van der Waals surface area contributed by atoms with Crippen LogP contribution in [0.1, 0.15) is 99.8 Å². The molecule has 4 rings (SSSR count). The topological polar surface area (TPSA) is 137 Å². The summed E-state index contributed by atoms with van der Waals surface area (Å²) < 4.78 is 6.14. The zero-order valence-electron chi connectivity index (χ0n) is 30.5. The molecule has 0 aromatic rings. The minimum absolute atomic E-state index is 0.0238. The van der Waals surface area contributed by atoms with Crippen molar-refractivity contribution in [3.63, 3.8) is 0 Å². The Hall–Kier alpha value is -2.79. The number of fused-ring (bicyclic) bond motifs is 3. The van der Waals surface area contributed by atoms with Crippen LogP contribution in [0.15, 0.2) is 12.7 Å². The molecule has 3 saturated heterocycles. The minimum atomic E-state index is -0.970. The highest BCUT2D eigenvalue weighted by molar-refractivity contribution is 6.38. The number of carbonyl (C=O) groups is 5. The molecule has 4 fully saturated rings. The summed E-state index contributed by atoms with van der Waals surface area (Å²) in [5.74, 6) is -1.80. The molecule has 1 saturated carbocycles. The first-order chi connectivity index (χ1) is 22.5. The lowest BCUT2D eigenvalue weighted by molar-refractivity contribution is -0.145. The summed E-state index contributed by atoms with van der Waals surface area (Å²) in [6, 6.07) is -2.66. The van der Waals surface area contributed by atoms with Gasteiger partial charge in [0.25, 0.3) is 5.91 Å². The van der Waals surface area contributed by atoms with E-state index in [1.807, 2.05) is 4.90 Å². The Bertz CT molecular complexity index is 1220. The third kappa shape index (κ3) is 9.05. The van der Waals surface area contributed by atoms with Gasteiger partial charge in [0.1, 0.15) is 12.1 Å². The van der Waals surface area contributed by atoms with E-state index < -0.39 is 35.7 Å². The Balaban J connectivity index is 1.60. The lowest BCUT2D eigenvalue weighted by atomic mass is 9.81. The molecule has 0 unspecified atom stereocenters. The number of Topliss-reactive ketones (excluding diaryl/α,β-unsaturated/α-hetero) is 1. The van der Waals surface area contributed by atoms with Gasteiger partial charge in [0.2, 0.25) is 23.5 Å². The highest BCUT2D eigenvalue weighted by Crippen LogP contribution is 2.65. The van der Waals surface area contributed by atoms with Crippen LogP contribution in [0.25, 0.3) is 0 Å². The fourth-order valence-corrected chi connectivity index (χ4v) is 7.83. The zero-order valence-corrected chi connectivity index (χ0v) is 30.5. The number of likely N-dealkylation sites (tertiary alicyclic amines) is 1. The highest BCUT2D eigenvalue weighted by Gasteiger charge is 2.69. The predicted octanol–water partition coefficient (Wildman–Crippen LogP) is 3.22. The van der Waals surface area contributed by atoms with Crippen LogP contribution in [0.5, 0.6) is 0 Å². The molecule has 6 atom stereocenters. The maximum Gasteiger partial charge on any atom is 0.289 e. The van der Waals surface area contributed by atoms with E-state index in [1.54, 1.807) is 4.90 Å². The highest BCUT2D eigenvalue weighted by atomic mass is 16.5. The summed E-state index contributed by atoms with van der Waals surface area (Å²) in [5.41, 5.74) is -0.436. The maximum absolute atomic E-state index is 14.6. The fraction of sp³-hybridized carbons (Fsp3) is 0.811. The molecule has 3 N–H and O–H groups in total. The van der Waals surface area contributed by atoms with E-state index in [-0.39, 0.29) is 59.1 Å². The van der Waals surface area contributed by atoms with E-state index >= 15 is 0 Å². The van der Waals surface area contributed by atoms with Crippen LogP contribution in [0, 0.1) is 28.1 Å². The van der Waals surface area contributed by atoms with Crippen molar-refractivity contribution < 1.29 is 28.7 Å². The summed E-state index contributed by atoms with van der Waals surface area (Å²) in [7, 11) is 0. The number of nitrogens with zero attached hydrogens (tertiary/aromatic N) is 2. The van der Waals surface area contributed by atoms with Crippen LogP contribution in [0.4, 0.5) is 0 Å². The number of hydrogen-bond acceptors (Lipinski definition) is 7. The number of hydrogen-bond donors (Lipinski definition) is 3. The number of ether oxygens (including phenoxy) is 1. The molecule has 0 aromatic heterocycles. The summed E-state index contributed by atoms with van der Waals surface area (Å²) in [5, 5.41) is 9.09. The summed E-state index contributed by atoms with van der Waals surface area (Å²) >= 11 is 0. The van der Waals surface area contributed by atoms with E-state index in [9.17, 15) is 24.0 Å². The zero-order chi connectivity index (χ0) is 35.4. The first-order valence-electron chi connectivity index (χ1n) is 18.1. The van der Waals surface area contributed by atoms with Crippen molar-refractivity contribution >= 4 is 29.4 Å². The second-order valence-electron chi connectivity index (χ2n) is 17.0. The van der Waals surface area contributed by atoms with Gasteiger partial charge in [-0.3, -0.25) is 29.3 Å². The Labute approximate surface area is 287 Å². The van der Waals surface area contributed by atoms with Gasteiger partial charge in [0, 0.05) is 45.2 Å². The molecule has 0 bridgehead atoms. The Morgan fingerprint density at radius 1 is 1.08 bits per heavy atom. The lowest BCUT2D eigenvalue weighted by Gasteiger charge is -2.42. The summed E-state index contributed by atoms with van der Waals surface area (Å²) in [4.78, 5) is 71.4. The largest absolute Gasteiger partial charge is 0.379 e. The van der Waals surface area contributed by atoms with Crippen LogP contribution in [-0.4, -0.2) is 103 Å². The van der Waals surface area contributed by atoms with Crippen LogP contribution in [-0.2, 0) is 28.7 Å². The average Bonchev–Trinajstić information content (AvgIpc) is 3.31. The molecule has 48 heavy (non-hydrogen) atoms. The fourth-order valence-electron chi connectivity index (χ4n) is 7.83. The normalized spacial score (nSPS) is 30.5. The van der Waals surface area contributed by atoms with Gasteiger partial charge < -0.3 is 25.2 Å². The number of amides is 4. The Morgan fingerprint density at radius 2 is 1.77 bits per heavy atom. The second-order valence-corrected chi connectivity index (χ2v) is 17.0. The SMILES string of the molecule is C=CCNC(=O)C(=O)[C@@H]1CCCCCCCOC[C@H](N[C@H](CN2CCC(C)(C)CC2=O)C(C)(C)C)C(=O)N2C[C@H]3[C@@H]([C@H]2C(=O)N1)C3(C)C. The number of ketones is 1. The third-order valence-corrected chi connectivity index (χ3v) is 11.3. The van der Waals surface area contributed by atoms with E-state index in [0.717, 1.165) is 32.1 Å². The number of rotatable bonds is 8. The van der Waals surface area contributed by atoms with E-state index in [0.29, 0.717) is 45.5 Å². The van der Waals surface area contributed by atoms with Crippen molar-refractivity contribution in [2.45, 2.75) is 124 Å². The number of carbonyl (C=O) groups excluding carboxylic acids is 5. The first-order valence-corrected chi connectivity index (χ1v) is 18.1. The van der Waals surface area contributed by atoms with Gasteiger partial charge in [-0.1, -0.05) is 80.2 Å². The van der Waals surface area contributed by atoms with Gasteiger partial charge >= 0.3 is 0 Å². The predicted molar refractivity (Wildman–Crippen MR) is 185 cm³/mol. The quantitative estimate of drug-likeness (QED) is 0.266. The Kier molecular flexibility index (Phi) is 12.2. The molecule has 4 aliphatic rings. The van der Waals surface area contributed by atoms with Gasteiger partial charge in [-0.05, 0) is 47.3 Å². The van der Waals surface area contributed by atoms with Gasteiger partial charge in [0.15, 0.2) is 0 Å². The van der Waals surface area contributed by atoms with Crippen LogP contribution >= 0.6 is 0 Å². The van der Waals surface area contributed by atoms with Crippen LogP contribution in [0.3, 0.4) is 0 Å². The maximum atomic E-state index is 14.6. The average molecular weight is 672 g/mol. The second kappa shape index (κ2) is 15.4. The van der Waals surface area contributed by atoms with E-state index in [1.165, 1.54) is 6.08 Å². The van der Waals surface area contributed by atoms with Gasteiger partial charge in [0.05, 0.1) is 12.6 Å². The molecule has 11 nitrogen and oxygen atoms in total. The van der Waals surface area contributed by atoms with Crippen molar-refractivity contribution in [2.75, 3.05) is 39.4 Å². The summed E-state index contributed by atoms with van der Waals surface area (Å²) in [6.07, 6.45) is 7.53. The molecule has 0 radical (unpaired) electrons. The van der Waals surface area contributed by atoms with Gasteiger partial charge in [-0.25, -0.2) is 0 Å². The summed E-state index contributed by atoms with van der Waals surface area (Å²) in [6.45, 7) is 20.8.